The highest BCUT2D eigenvalue weighted by Crippen LogP contribution is 2.34. The van der Waals surface area contributed by atoms with Gasteiger partial charge in [0.05, 0.1) is 0 Å². The van der Waals surface area contributed by atoms with Crippen molar-refractivity contribution in [2.45, 2.75) is 31.3 Å². The summed E-state index contributed by atoms with van der Waals surface area (Å²) < 4.78 is 0. The van der Waals surface area contributed by atoms with E-state index in [1.165, 1.54) is 6.42 Å². The van der Waals surface area contributed by atoms with Gasteiger partial charge < -0.3 is 10.4 Å². The molecule has 0 spiro atoms. The Bertz CT molecular complexity index is 169. The van der Waals surface area contributed by atoms with Crippen molar-refractivity contribution < 1.29 is 9.90 Å². The van der Waals surface area contributed by atoms with E-state index in [4.69, 9.17) is 5.11 Å². The summed E-state index contributed by atoms with van der Waals surface area (Å²) in [4.78, 5) is 10.5. The molecule has 56 valence electrons. The number of nitrogens with one attached hydrogen (secondary N) is 1. The minimum absolute atomic E-state index is 0.237. The van der Waals surface area contributed by atoms with Gasteiger partial charge in [-0.1, -0.05) is 0 Å². The Morgan fingerprint density at radius 1 is 1.50 bits per heavy atom. The van der Waals surface area contributed by atoms with Crippen LogP contribution in [0.15, 0.2) is 0 Å². The van der Waals surface area contributed by atoms with Gasteiger partial charge in [-0.05, 0) is 25.2 Å². The quantitative estimate of drug-likeness (QED) is 0.549. The van der Waals surface area contributed by atoms with E-state index in [1.807, 2.05) is 0 Å². The number of hydrogen-bond acceptors (Lipinski definition) is 2. The predicted molar refractivity (Wildman–Crippen MR) is 35.7 cm³/mol. The van der Waals surface area contributed by atoms with E-state index in [9.17, 15) is 4.79 Å². The highest BCUT2D eigenvalue weighted by molar-refractivity contribution is 5.74. The molecular formula is C7H11NO2. The van der Waals surface area contributed by atoms with E-state index < -0.39 is 5.97 Å². The molecule has 0 aromatic rings. The van der Waals surface area contributed by atoms with E-state index in [2.05, 4.69) is 5.32 Å². The Morgan fingerprint density at radius 3 is 2.60 bits per heavy atom. The van der Waals surface area contributed by atoms with Crippen LogP contribution in [0.2, 0.25) is 0 Å². The van der Waals surface area contributed by atoms with Gasteiger partial charge in [0.1, 0.15) is 6.04 Å². The highest BCUT2D eigenvalue weighted by atomic mass is 16.4. The summed E-state index contributed by atoms with van der Waals surface area (Å²) in [5.41, 5.74) is 0. The van der Waals surface area contributed by atoms with Crippen molar-refractivity contribution in [3.63, 3.8) is 0 Å². The molecule has 2 bridgehead atoms. The van der Waals surface area contributed by atoms with Gasteiger partial charge in [-0.3, -0.25) is 4.79 Å². The van der Waals surface area contributed by atoms with Gasteiger partial charge in [0.25, 0.3) is 0 Å². The first-order chi connectivity index (χ1) is 4.77. The fraction of sp³-hybridized carbons (Fsp3) is 0.857. The molecule has 2 N–H and O–H groups in total. The van der Waals surface area contributed by atoms with Crippen molar-refractivity contribution in [1.29, 1.82) is 0 Å². The summed E-state index contributed by atoms with van der Waals surface area (Å²) in [6, 6.07) is 0.268. The molecular weight excluding hydrogens is 130 g/mol. The average molecular weight is 141 g/mol. The summed E-state index contributed by atoms with van der Waals surface area (Å²) in [6.45, 7) is 0. The summed E-state index contributed by atoms with van der Waals surface area (Å²) in [7, 11) is 0. The van der Waals surface area contributed by atoms with E-state index >= 15 is 0 Å². The van der Waals surface area contributed by atoms with Crippen LogP contribution in [-0.2, 0) is 4.79 Å². The lowest BCUT2D eigenvalue weighted by atomic mass is 10.0. The lowest BCUT2D eigenvalue weighted by Gasteiger charge is -2.18. The largest absolute Gasteiger partial charge is 0.480 e. The van der Waals surface area contributed by atoms with E-state index in [0.717, 1.165) is 12.8 Å². The maximum absolute atomic E-state index is 10.5. The van der Waals surface area contributed by atoms with Gasteiger partial charge in [-0.15, -0.1) is 0 Å². The number of piperidine rings is 1. The number of carboxylic acid groups (broad SMARTS) is 1. The second-order valence-electron chi connectivity index (χ2n) is 3.25. The number of carbonyl (C=O) groups is 1. The van der Waals surface area contributed by atoms with Crippen LogP contribution in [0.3, 0.4) is 0 Å². The molecule has 1 heterocycles. The third-order valence-corrected chi connectivity index (χ3v) is 2.63. The van der Waals surface area contributed by atoms with Gasteiger partial charge >= 0.3 is 5.97 Å². The Labute approximate surface area is 59.4 Å². The molecule has 3 atom stereocenters. The summed E-state index contributed by atoms with van der Waals surface area (Å²) in [5, 5.41) is 11.8. The fourth-order valence-corrected chi connectivity index (χ4v) is 2.13. The number of rotatable bonds is 1. The van der Waals surface area contributed by atoms with E-state index in [-0.39, 0.29) is 6.04 Å². The van der Waals surface area contributed by atoms with Crippen LogP contribution >= 0.6 is 0 Å². The van der Waals surface area contributed by atoms with Gasteiger partial charge in [0, 0.05) is 6.04 Å². The molecule has 1 saturated heterocycles. The van der Waals surface area contributed by atoms with Crippen LogP contribution in [0.5, 0.6) is 0 Å². The SMILES string of the molecule is O=C(O)C1N[C@@H]2CC[C@H]1C2. The van der Waals surface area contributed by atoms with Crippen LogP contribution < -0.4 is 5.32 Å². The maximum Gasteiger partial charge on any atom is 0.320 e. The standard InChI is InChI=1S/C7H11NO2/c9-7(10)6-4-1-2-5(3-4)8-6/h4-6,8H,1-3H2,(H,9,10)/t4-,5+,6?/m0/s1. The van der Waals surface area contributed by atoms with E-state index in [0.29, 0.717) is 12.0 Å². The number of aliphatic carboxylic acids is 1. The second-order valence-corrected chi connectivity index (χ2v) is 3.25. The summed E-state index contributed by atoms with van der Waals surface area (Å²) in [6.07, 6.45) is 3.36. The minimum atomic E-state index is -0.674. The zero-order valence-corrected chi connectivity index (χ0v) is 5.71. The monoisotopic (exact) mass is 141 g/mol. The molecule has 2 rings (SSSR count). The van der Waals surface area contributed by atoms with Crippen molar-refractivity contribution in [2.75, 3.05) is 0 Å². The van der Waals surface area contributed by atoms with Crippen LogP contribution in [0, 0.1) is 5.92 Å². The van der Waals surface area contributed by atoms with Crippen LogP contribution in [0.4, 0.5) is 0 Å². The first-order valence-electron chi connectivity index (χ1n) is 3.76. The molecule has 2 fully saturated rings. The minimum Gasteiger partial charge on any atom is -0.480 e. The Balaban J connectivity index is 2.08. The molecule has 2 aliphatic rings. The van der Waals surface area contributed by atoms with Crippen molar-refractivity contribution in [3.05, 3.63) is 0 Å². The molecule has 1 saturated carbocycles. The third kappa shape index (κ3) is 0.736. The zero-order valence-electron chi connectivity index (χ0n) is 5.71. The molecule has 3 nitrogen and oxygen atoms in total. The van der Waals surface area contributed by atoms with Crippen molar-refractivity contribution in [1.82, 2.24) is 5.32 Å². The first kappa shape index (κ1) is 6.16. The molecule has 1 aliphatic heterocycles. The molecule has 1 aliphatic carbocycles. The molecule has 1 unspecified atom stereocenters. The fourth-order valence-electron chi connectivity index (χ4n) is 2.13. The molecule has 3 heteroatoms. The zero-order chi connectivity index (χ0) is 7.14. The summed E-state index contributed by atoms with van der Waals surface area (Å²) >= 11 is 0. The second kappa shape index (κ2) is 1.95. The topological polar surface area (TPSA) is 49.3 Å². The highest BCUT2D eigenvalue weighted by Gasteiger charge is 2.42. The third-order valence-electron chi connectivity index (χ3n) is 2.63. The number of hydrogen-bond donors (Lipinski definition) is 2. The van der Waals surface area contributed by atoms with Gasteiger partial charge in [0.15, 0.2) is 0 Å². The smallest absolute Gasteiger partial charge is 0.320 e. The molecule has 10 heavy (non-hydrogen) atoms. The van der Waals surface area contributed by atoms with Crippen LogP contribution in [0.1, 0.15) is 19.3 Å². The van der Waals surface area contributed by atoms with Crippen molar-refractivity contribution in [2.24, 2.45) is 5.92 Å². The summed E-state index contributed by atoms with van der Waals surface area (Å²) in [5.74, 6) is -0.255. The lowest BCUT2D eigenvalue weighted by molar-refractivity contribution is -0.140. The Morgan fingerprint density at radius 2 is 2.30 bits per heavy atom. The predicted octanol–water partition coefficient (Wildman–Crippen LogP) is 0.211. The van der Waals surface area contributed by atoms with Crippen LogP contribution in [0.25, 0.3) is 0 Å². The van der Waals surface area contributed by atoms with Crippen LogP contribution in [-0.4, -0.2) is 23.2 Å². The molecule has 0 amide bonds. The number of carboxylic acids is 1. The van der Waals surface area contributed by atoms with Crippen molar-refractivity contribution in [3.8, 4) is 0 Å². The lowest BCUT2D eigenvalue weighted by Crippen LogP contribution is -2.41. The maximum atomic E-state index is 10.5. The van der Waals surface area contributed by atoms with Gasteiger partial charge in [0.2, 0.25) is 0 Å². The van der Waals surface area contributed by atoms with Crippen molar-refractivity contribution >= 4 is 5.97 Å². The number of fused-ring (bicyclic) bond motifs is 2. The normalized spacial score (nSPS) is 44.2. The Hall–Kier alpha value is -0.570. The van der Waals surface area contributed by atoms with Gasteiger partial charge in [-0.2, -0.15) is 0 Å². The molecule has 0 aromatic heterocycles. The first-order valence-corrected chi connectivity index (χ1v) is 3.76. The van der Waals surface area contributed by atoms with E-state index in [1.54, 1.807) is 0 Å². The van der Waals surface area contributed by atoms with Gasteiger partial charge in [-0.25, -0.2) is 0 Å². The molecule has 0 aromatic carbocycles. The Kier molecular flexibility index (Phi) is 1.20. The molecule has 0 radical (unpaired) electrons. The average Bonchev–Trinajstić information content (AvgIpc) is 2.44.